The Bertz CT molecular complexity index is 1200. The van der Waals surface area contributed by atoms with Gasteiger partial charge in [-0.05, 0) is 24.3 Å². The van der Waals surface area contributed by atoms with Crippen molar-refractivity contribution in [3.05, 3.63) is 46.6 Å². The van der Waals surface area contributed by atoms with Crippen LogP contribution in [0, 0.1) is 0 Å². The third-order valence-electron chi connectivity index (χ3n) is 5.36. The first kappa shape index (κ1) is 22.8. The Morgan fingerprint density at radius 3 is 2.33 bits per heavy atom. The molecule has 3 unspecified atom stereocenters. The quantitative estimate of drug-likeness (QED) is 0.302. The molecule has 0 aliphatic carbocycles. The van der Waals surface area contributed by atoms with E-state index in [1.807, 2.05) is 0 Å². The zero-order valence-corrected chi connectivity index (χ0v) is 17.3. The van der Waals surface area contributed by atoms with Gasteiger partial charge in [0.15, 0.2) is 16.9 Å². The number of hydrogen-bond donors (Lipinski definition) is 6. The highest BCUT2D eigenvalue weighted by Gasteiger charge is 2.45. The van der Waals surface area contributed by atoms with Gasteiger partial charge < -0.3 is 49.3 Å². The Kier molecular flexibility index (Phi) is 6.15. The summed E-state index contributed by atoms with van der Waals surface area (Å²) in [7, 11) is 1.22. The van der Waals surface area contributed by atoms with Crippen molar-refractivity contribution in [1.82, 2.24) is 0 Å². The van der Waals surface area contributed by atoms with Crippen LogP contribution in [0.4, 0.5) is 0 Å². The molecule has 6 N–H and O–H groups in total. The van der Waals surface area contributed by atoms with E-state index in [4.69, 9.17) is 18.6 Å². The highest BCUT2D eigenvalue weighted by molar-refractivity contribution is 5.89. The van der Waals surface area contributed by atoms with Crippen molar-refractivity contribution in [2.24, 2.45) is 0 Å². The summed E-state index contributed by atoms with van der Waals surface area (Å²) >= 11 is 0. The SMILES string of the molecule is COc1c(O[C@@H]2OC(CO)[C@@H](O)C(O)C2O)cc2oc(-c3ccc(O)cc3)cc(=O)c2c1O. The summed E-state index contributed by atoms with van der Waals surface area (Å²) in [5.41, 5.74) is -0.170. The molecule has 4 rings (SSSR count). The maximum Gasteiger partial charge on any atom is 0.229 e. The Morgan fingerprint density at radius 1 is 1.00 bits per heavy atom. The Labute approximate surface area is 186 Å². The Balaban J connectivity index is 1.79. The van der Waals surface area contributed by atoms with Gasteiger partial charge in [-0.2, -0.15) is 0 Å². The van der Waals surface area contributed by atoms with Crippen molar-refractivity contribution < 1.29 is 49.3 Å². The van der Waals surface area contributed by atoms with Crippen LogP contribution in [0.25, 0.3) is 22.3 Å². The van der Waals surface area contributed by atoms with Crippen LogP contribution in [-0.2, 0) is 4.74 Å². The molecule has 1 aromatic heterocycles. The van der Waals surface area contributed by atoms with Crippen LogP contribution in [0.2, 0.25) is 0 Å². The smallest absolute Gasteiger partial charge is 0.229 e. The molecule has 0 saturated carbocycles. The minimum atomic E-state index is -1.71. The topological polar surface area (TPSA) is 179 Å². The second kappa shape index (κ2) is 8.89. The molecular weight excluding hydrogens is 440 g/mol. The zero-order valence-electron chi connectivity index (χ0n) is 17.3. The van der Waals surface area contributed by atoms with E-state index in [1.165, 1.54) is 43.5 Å². The normalized spacial score (nSPS) is 25.2. The van der Waals surface area contributed by atoms with Crippen molar-refractivity contribution in [2.75, 3.05) is 13.7 Å². The van der Waals surface area contributed by atoms with E-state index in [-0.39, 0.29) is 34.0 Å². The van der Waals surface area contributed by atoms with Gasteiger partial charge in [0, 0.05) is 17.7 Å². The van der Waals surface area contributed by atoms with Gasteiger partial charge in [-0.25, -0.2) is 0 Å². The van der Waals surface area contributed by atoms with Crippen LogP contribution in [0.1, 0.15) is 0 Å². The number of aromatic hydroxyl groups is 2. The molecular formula is C22H22O11. The van der Waals surface area contributed by atoms with E-state index in [2.05, 4.69) is 0 Å². The zero-order chi connectivity index (χ0) is 23.9. The van der Waals surface area contributed by atoms with E-state index in [9.17, 15) is 35.4 Å². The summed E-state index contributed by atoms with van der Waals surface area (Å²) in [6, 6.07) is 8.31. The predicted molar refractivity (Wildman–Crippen MR) is 112 cm³/mol. The highest BCUT2D eigenvalue weighted by atomic mass is 16.7. The second-order valence-electron chi connectivity index (χ2n) is 7.47. The van der Waals surface area contributed by atoms with Crippen molar-refractivity contribution >= 4 is 11.0 Å². The number of aliphatic hydroxyl groups excluding tert-OH is 4. The first-order valence-electron chi connectivity index (χ1n) is 9.89. The summed E-state index contributed by atoms with van der Waals surface area (Å²) in [6.07, 6.45) is -7.74. The number of phenolic OH excluding ortho intramolecular Hbond substituents is 2. The van der Waals surface area contributed by atoms with Crippen molar-refractivity contribution in [3.63, 3.8) is 0 Å². The van der Waals surface area contributed by atoms with Gasteiger partial charge in [0.1, 0.15) is 46.9 Å². The van der Waals surface area contributed by atoms with Crippen LogP contribution in [0.15, 0.2) is 45.6 Å². The van der Waals surface area contributed by atoms with Crippen LogP contribution in [0.3, 0.4) is 0 Å². The summed E-state index contributed by atoms with van der Waals surface area (Å²) < 4.78 is 21.9. The van der Waals surface area contributed by atoms with Crippen LogP contribution in [-0.4, -0.2) is 75.1 Å². The number of phenols is 2. The maximum atomic E-state index is 12.7. The number of aliphatic hydroxyl groups is 4. The van der Waals surface area contributed by atoms with E-state index >= 15 is 0 Å². The molecule has 176 valence electrons. The lowest BCUT2D eigenvalue weighted by Gasteiger charge is -2.39. The van der Waals surface area contributed by atoms with Crippen molar-refractivity contribution in [3.8, 4) is 34.3 Å². The summed E-state index contributed by atoms with van der Waals surface area (Å²) in [4.78, 5) is 12.7. The lowest BCUT2D eigenvalue weighted by Crippen LogP contribution is -2.60. The van der Waals surface area contributed by atoms with E-state index in [1.54, 1.807) is 0 Å². The molecule has 5 atom stereocenters. The fourth-order valence-corrected chi connectivity index (χ4v) is 3.60. The summed E-state index contributed by atoms with van der Waals surface area (Å²) in [5.74, 6) is -0.863. The minimum absolute atomic E-state index is 0.0273. The Hall–Kier alpha value is -3.35. The standard InChI is InChI=1S/C22H22O11/c1-30-21-14(32-22-20(29)19(28)17(26)15(8-23)33-22)7-13-16(18(21)27)11(25)6-12(31-13)9-2-4-10(24)5-3-9/h2-7,15,17,19-20,22-24,26-29H,8H2,1H3/t15?,17-,19?,20?,22-/m1/s1. The molecule has 1 fully saturated rings. The van der Waals surface area contributed by atoms with E-state index < -0.39 is 48.5 Å². The lowest BCUT2D eigenvalue weighted by molar-refractivity contribution is -0.277. The minimum Gasteiger partial charge on any atom is -0.508 e. The number of methoxy groups -OCH3 is 1. The fraction of sp³-hybridized carbons (Fsp3) is 0.318. The molecule has 0 spiro atoms. The first-order chi connectivity index (χ1) is 15.7. The van der Waals surface area contributed by atoms with Gasteiger partial charge in [-0.15, -0.1) is 0 Å². The molecule has 2 heterocycles. The van der Waals surface area contributed by atoms with Crippen molar-refractivity contribution in [2.45, 2.75) is 30.7 Å². The van der Waals surface area contributed by atoms with Gasteiger partial charge in [-0.3, -0.25) is 4.79 Å². The van der Waals surface area contributed by atoms with Crippen LogP contribution >= 0.6 is 0 Å². The molecule has 2 aromatic carbocycles. The Morgan fingerprint density at radius 2 is 1.70 bits per heavy atom. The number of hydrogen-bond acceptors (Lipinski definition) is 11. The molecule has 1 aliphatic rings. The number of fused-ring (bicyclic) bond motifs is 1. The van der Waals surface area contributed by atoms with Crippen LogP contribution in [0.5, 0.6) is 23.0 Å². The summed E-state index contributed by atoms with van der Waals surface area (Å²) in [5, 5.41) is 59.5. The van der Waals surface area contributed by atoms with Crippen molar-refractivity contribution in [1.29, 1.82) is 0 Å². The second-order valence-corrected chi connectivity index (χ2v) is 7.47. The number of ether oxygens (including phenoxy) is 3. The number of rotatable bonds is 5. The molecule has 11 heteroatoms. The highest BCUT2D eigenvalue weighted by Crippen LogP contribution is 2.43. The third-order valence-corrected chi connectivity index (χ3v) is 5.36. The molecule has 33 heavy (non-hydrogen) atoms. The van der Waals surface area contributed by atoms with Gasteiger partial charge >= 0.3 is 0 Å². The third kappa shape index (κ3) is 4.08. The lowest BCUT2D eigenvalue weighted by atomic mass is 9.99. The summed E-state index contributed by atoms with van der Waals surface area (Å²) in [6.45, 7) is -0.657. The predicted octanol–water partition coefficient (Wildman–Crippen LogP) is 0.0585. The molecule has 3 aromatic rings. The maximum absolute atomic E-state index is 12.7. The van der Waals surface area contributed by atoms with Gasteiger partial charge in [-0.1, -0.05) is 0 Å². The molecule has 11 nitrogen and oxygen atoms in total. The number of benzene rings is 2. The fourth-order valence-electron chi connectivity index (χ4n) is 3.60. The van der Waals surface area contributed by atoms with Gasteiger partial charge in [0.05, 0.1) is 13.7 Å². The molecule has 0 bridgehead atoms. The van der Waals surface area contributed by atoms with E-state index in [0.717, 1.165) is 0 Å². The first-order valence-corrected chi connectivity index (χ1v) is 9.89. The average molecular weight is 462 g/mol. The monoisotopic (exact) mass is 462 g/mol. The molecule has 1 aliphatic heterocycles. The molecule has 1 saturated heterocycles. The van der Waals surface area contributed by atoms with Crippen LogP contribution < -0.4 is 14.9 Å². The molecule has 0 amide bonds. The van der Waals surface area contributed by atoms with Gasteiger partial charge in [0.2, 0.25) is 12.0 Å². The average Bonchev–Trinajstić information content (AvgIpc) is 2.79. The molecule has 0 radical (unpaired) electrons. The largest absolute Gasteiger partial charge is 0.508 e. The van der Waals surface area contributed by atoms with E-state index in [0.29, 0.717) is 5.56 Å². The van der Waals surface area contributed by atoms with Gasteiger partial charge in [0.25, 0.3) is 0 Å².